The van der Waals surface area contributed by atoms with Gasteiger partial charge < -0.3 is 14.2 Å². The SMILES string of the molecule is C=CC(=O)OCCOc1ccccc1C(=O)C(C)(C)OC(=O)C=C. The fourth-order valence-electron chi connectivity index (χ4n) is 1.80. The second-order valence-electron chi connectivity index (χ2n) is 5.18. The molecule has 0 N–H and O–H groups in total. The fourth-order valence-corrected chi connectivity index (χ4v) is 1.80. The van der Waals surface area contributed by atoms with Crippen molar-refractivity contribution < 1.29 is 28.6 Å². The van der Waals surface area contributed by atoms with E-state index in [0.29, 0.717) is 5.75 Å². The van der Waals surface area contributed by atoms with Crippen molar-refractivity contribution in [2.75, 3.05) is 13.2 Å². The van der Waals surface area contributed by atoms with Crippen molar-refractivity contribution >= 4 is 17.7 Å². The summed E-state index contributed by atoms with van der Waals surface area (Å²) < 4.78 is 15.4. The average molecular weight is 332 g/mol. The van der Waals surface area contributed by atoms with Gasteiger partial charge in [-0.25, -0.2) is 9.59 Å². The Balaban J connectivity index is 2.83. The van der Waals surface area contributed by atoms with Crippen molar-refractivity contribution in [2.24, 2.45) is 0 Å². The number of hydrogen-bond acceptors (Lipinski definition) is 6. The maximum Gasteiger partial charge on any atom is 0.331 e. The van der Waals surface area contributed by atoms with Crippen LogP contribution in [0.5, 0.6) is 5.75 Å². The van der Waals surface area contributed by atoms with E-state index in [-0.39, 0.29) is 18.8 Å². The molecule has 0 unspecified atom stereocenters. The second-order valence-corrected chi connectivity index (χ2v) is 5.18. The van der Waals surface area contributed by atoms with Crippen LogP contribution in [0.2, 0.25) is 0 Å². The first-order valence-electron chi connectivity index (χ1n) is 7.23. The lowest BCUT2D eigenvalue weighted by molar-refractivity contribution is -0.146. The average Bonchev–Trinajstić information content (AvgIpc) is 2.57. The van der Waals surface area contributed by atoms with Gasteiger partial charge in [0.2, 0.25) is 5.78 Å². The highest BCUT2D eigenvalue weighted by molar-refractivity contribution is 6.05. The summed E-state index contributed by atoms with van der Waals surface area (Å²) in [5.41, 5.74) is -1.12. The van der Waals surface area contributed by atoms with E-state index < -0.39 is 23.3 Å². The summed E-state index contributed by atoms with van der Waals surface area (Å²) in [5.74, 6) is -1.36. The summed E-state index contributed by atoms with van der Waals surface area (Å²) in [4.78, 5) is 35.0. The number of Topliss-reactive ketones (excluding diaryl/α,β-unsaturated/α-hetero) is 1. The Bertz CT molecular complexity index is 645. The molecule has 1 aromatic rings. The fraction of sp³-hybridized carbons (Fsp3) is 0.278. The maximum absolute atomic E-state index is 12.6. The number of esters is 2. The molecular weight excluding hydrogens is 312 g/mol. The highest BCUT2D eigenvalue weighted by atomic mass is 16.6. The van der Waals surface area contributed by atoms with Crippen LogP contribution in [0, 0.1) is 0 Å². The zero-order valence-corrected chi connectivity index (χ0v) is 13.7. The Morgan fingerprint density at radius 1 is 1.04 bits per heavy atom. The molecule has 6 nitrogen and oxygen atoms in total. The molecule has 24 heavy (non-hydrogen) atoms. The first kappa shape index (κ1) is 19.2. The van der Waals surface area contributed by atoms with Crippen LogP contribution in [0.3, 0.4) is 0 Å². The summed E-state index contributed by atoms with van der Waals surface area (Å²) in [6.07, 6.45) is 2.04. The molecule has 128 valence electrons. The van der Waals surface area contributed by atoms with E-state index >= 15 is 0 Å². The van der Waals surface area contributed by atoms with E-state index in [1.54, 1.807) is 24.3 Å². The molecule has 0 spiro atoms. The molecule has 1 aromatic carbocycles. The van der Waals surface area contributed by atoms with E-state index in [0.717, 1.165) is 12.2 Å². The van der Waals surface area contributed by atoms with Crippen LogP contribution in [-0.4, -0.2) is 36.5 Å². The smallest absolute Gasteiger partial charge is 0.331 e. The predicted octanol–water partition coefficient (Wildman–Crippen LogP) is 2.49. The van der Waals surface area contributed by atoms with E-state index in [2.05, 4.69) is 13.2 Å². The summed E-state index contributed by atoms with van der Waals surface area (Å²) in [5, 5.41) is 0. The third-order valence-electron chi connectivity index (χ3n) is 2.95. The summed E-state index contributed by atoms with van der Waals surface area (Å²) >= 11 is 0. The van der Waals surface area contributed by atoms with Crippen LogP contribution in [0.25, 0.3) is 0 Å². The molecule has 0 heterocycles. The molecule has 0 aromatic heterocycles. The lowest BCUT2D eigenvalue weighted by Crippen LogP contribution is -2.37. The van der Waals surface area contributed by atoms with Gasteiger partial charge in [-0.1, -0.05) is 25.3 Å². The minimum absolute atomic E-state index is 0.0161. The Kier molecular flexibility index (Phi) is 6.92. The predicted molar refractivity (Wildman–Crippen MR) is 87.8 cm³/mol. The monoisotopic (exact) mass is 332 g/mol. The molecule has 0 bridgehead atoms. The van der Waals surface area contributed by atoms with Crippen molar-refractivity contribution in [3.8, 4) is 5.75 Å². The van der Waals surface area contributed by atoms with Gasteiger partial charge in [-0.2, -0.15) is 0 Å². The van der Waals surface area contributed by atoms with Gasteiger partial charge in [0.15, 0.2) is 5.60 Å². The Morgan fingerprint density at radius 2 is 1.67 bits per heavy atom. The van der Waals surface area contributed by atoms with Gasteiger partial charge in [-0.15, -0.1) is 0 Å². The van der Waals surface area contributed by atoms with Crippen LogP contribution >= 0.6 is 0 Å². The number of para-hydroxylation sites is 1. The largest absolute Gasteiger partial charge is 0.489 e. The topological polar surface area (TPSA) is 78.9 Å². The lowest BCUT2D eigenvalue weighted by Gasteiger charge is -2.24. The van der Waals surface area contributed by atoms with E-state index in [1.807, 2.05) is 0 Å². The maximum atomic E-state index is 12.6. The third-order valence-corrected chi connectivity index (χ3v) is 2.95. The number of hydrogen-bond donors (Lipinski definition) is 0. The zero-order chi connectivity index (χ0) is 18.2. The van der Waals surface area contributed by atoms with E-state index in [4.69, 9.17) is 14.2 Å². The number of benzene rings is 1. The quantitative estimate of drug-likeness (QED) is 0.299. The van der Waals surface area contributed by atoms with E-state index in [9.17, 15) is 14.4 Å². The Hall–Kier alpha value is -2.89. The molecule has 0 aliphatic rings. The first-order chi connectivity index (χ1) is 11.3. The van der Waals surface area contributed by atoms with Crippen molar-refractivity contribution in [1.29, 1.82) is 0 Å². The molecule has 0 radical (unpaired) electrons. The van der Waals surface area contributed by atoms with Gasteiger partial charge in [0.25, 0.3) is 0 Å². The molecule has 0 amide bonds. The summed E-state index contributed by atoms with van der Waals surface area (Å²) in [7, 11) is 0. The van der Waals surface area contributed by atoms with Crippen LogP contribution < -0.4 is 4.74 Å². The van der Waals surface area contributed by atoms with Crippen molar-refractivity contribution in [2.45, 2.75) is 19.4 Å². The highest BCUT2D eigenvalue weighted by Gasteiger charge is 2.34. The van der Waals surface area contributed by atoms with Crippen LogP contribution in [0.15, 0.2) is 49.6 Å². The van der Waals surface area contributed by atoms with Crippen LogP contribution in [0.1, 0.15) is 24.2 Å². The summed E-state index contributed by atoms with van der Waals surface area (Å²) in [6, 6.07) is 6.54. The number of carbonyl (C=O) groups excluding carboxylic acids is 3. The standard InChI is InChI=1S/C18H20O6/c1-5-15(19)23-12-11-22-14-10-8-7-9-13(14)17(21)18(3,4)24-16(20)6-2/h5-10H,1-2,11-12H2,3-4H3. The van der Waals surface area contributed by atoms with Crippen molar-refractivity contribution in [1.82, 2.24) is 0 Å². The molecule has 0 fully saturated rings. The summed E-state index contributed by atoms with van der Waals surface area (Å²) in [6.45, 7) is 9.64. The first-order valence-corrected chi connectivity index (χ1v) is 7.23. The molecule has 0 saturated carbocycles. The number of ether oxygens (including phenoxy) is 3. The highest BCUT2D eigenvalue weighted by Crippen LogP contribution is 2.25. The van der Waals surface area contributed by atoms with Gasteiger partial charge in [0, 0.05) is 12.2 Å². The third kappa shape index (κ3) is 5.39. The zero-order valence-electron chi connectivity index (χ0n) is 13.7. The lowest BCUT2D eigenvalue weighted by atomic mass is 9.95. The van der Waals surface area contributed by atoms with Gasteiger partial charge in [0.05, 0.1) is 5.56 Å². The molecule has 0 saturated heterocycles. The second kappa shape index (κ2) is 8.67. The molecular formula is C18H20O6. The van der Waals surface area contributed by atoms with Crippen molar-refractivity contribution in [3.05, 3.63) is 55.1 Å². The number of rotatable bonds is 9. The van der Waals surface area contributed by atoms with Crippen LogP contribution in [-0.2, 0) is 19.1 Å². The molecule has 0 aliphatic heterocycles. The molecule has 1 rings (SSSR count). The number of carbonyl (C=O) groups is 3. The molecule has 0 atom stereocenters. The minimum Gasteiger partial charge on any atom is -0.489 e. The van der Waals surface area contributed by atoms with Crippen molar-refractivity contribution in [3.63, 3.8) is 0 Å². The normalized spacial score (nSPS) is 10.4. The van der Waals surface area contributed by atoms with Gasteiger partial charge in [-0.3, -0.25) is 4.79 Å². The Labute approximate surface area is 140 Å². The van der Waals surface area contributed by atoms with Gasteiger partial charge in [-0.05, 0) is 26.0 Å². The van der Waals surface area contributed by atoms with Gasteiger partial charge >= 0.3 is 11.9 Å². The molecule has 6 heteroatoms. The van der Waals surface area contributed by atoms with Crippen LogP contribution in [0.4, 0.5) is 0 Å². The Morgan fingerprint density at radius 3 is 2.29 bits per heavy atom. The van der Waals surface area contributed by atoms with E-state index in [1.165, 1.54) is 13.8 Å². The molecule has 0 aliphatic carbocycles. The van der Waals surface area contributed by atoms with Gasteiger partial charge in [0.1, 0.15) is 19.0 Å². The minimum atomic E-state index is -1.37. The number of ketones is 1.